The molecule has 5 unspecified atom stereocenters. The number of nitrogens with zero attached hydrogens (tertiary/aromatic N) is 7. The zero-order chi connectivity index (χ0) is 39.8. The Morgan fingerprint density at radius 2 is 1.86 bits per heavy atom. The number of halogens is 8. The van der Waals surface area contributed by atoms with Gasteiger partial charge >= 0.3 is 18.2 Å². The monoisotopic (exact) mass is 808 g/mol. The van der Waals surface area contributed by atoms with Gasteiger partial charge in [-0.1, -0.05) is 6.07 Å². The number of likely N-dealkylation sites (N-methyl/N-ethyl adjacent to an activating group) is 1. The lowest BCUT2D eigenvalue weighted by atomic mass is 9.92. The Bertz CT molecular complexity index is 2260. The first-order valence-electron chi connectivity index (χ1n) is 18.3. The molecule has 56 heavy (non-hydrogen) atoms. The van der Waals surface area contributed by atoms with Crippen molar-refractivity contribution in [2.45, 2.75) is 68.9 Å². The molecule has 5 atom stereocenters. The van der Waals surface area contributed by atoms with Gasteiger partial charge < -0.3 is 25.2 Å². The lowest BCUT2D eigenvalue weighted by Gasteiger charge is -2.32. The van der Waals surface area contributed by atoms with Crippen LogP contribution < -0.4 is 15.4 Å². The van der Waals surface area contributed by atoms with Crippen molar-refractivity contribution >= 4 is 49.2 Å². The Labute approximate surface area is 319 Å². The summed E-state index contributed by atoms with van der Waals surface area (Å²) in [5.74, 6) is -2.43. The van der Waals surface area contributed by atoms with Gasteiger partial charge in [0.15, 0.2) is 18.2 Å². The highest BCUT2D eigenvalue weighted by molar-refractivity contribution is 7.23. The number of aromatic nitrogens is 2. The molecule has 2 aromatic heterocycles. The fraction of sp³-hybridized carbons (Fsp3) is 0.514. The summed E-state index contributed by atoms with van der Waals surface area (Å²) in [6.45, 7) is 1.96. The number of alkyl halides is 6. The summed E-state index contributed by atoms with van der Waals surface area (Å²) in [7, 11) is 0. The summed E-state index contributed by atoms with van der Waals surface area (Å²) in [6.07, 6.45) is -8.04. The van der Waals surface area contributed by atoms with Gasteiger partial charge in [-0.05, 0) is 50.4 Å². The molecule has 2 N–H and O–H groups in total. The normalized spacial score (nSPS) is 25.4. The molecule has 4 saturated heterocycles. The fourth-order valence-electron chi connectivity index (χ4n) is 8.95. The van der Waals surface area contributed by atoms with Crippen LogP contribution in [0.5, 0.6) is 6.01 Å². The molecule has 6 heterocycles. The van der Waals surface area contributed by atoms with E-state index in [2.05, 4.69) is 9.97 Å². The summed E-state index contributed by atoms with van der Waals surface area (Å²) in [5.41, 5.74) is 1.56. The van der Waals surface area contributed by atoms with Crippen molar-refractivity contribution in [1.29, 1.82) is 5.26 Å². The highest BCUT2D eigenvalue weighted by atomic mass is 32.1. The quantitative estimate of drug-likeness (QED) is 0.195. The summed E-state index contributed by atoms with van der Waals surface area (Å²) in [5, 5.41) is 9.09. The van der Waals surface area contributed by atoms with Gasteiger partial charge in [0.25, 0.3) is 0 Å². The van der Waals surface area contributed by atoms with Crippen LogP contribution in [0.2, 0.25) is 0 Å². The molecule has 2 aromatic carbocycles. The summed E-state index contributed by atoms with van der Waals surface area (Å²) in [6, 6.07) is 2.80. The summed E-state index contributed by atoms with van der Waals surface area (Å²) >= 11 is 0.649. The second-order valence-corrected chi connectivity index (χ2v) is 15.9. The van der Waals surface area contributed by atoms with Gasteiger partial charge in [0.05, 0.1) is 34.5 Å². The molecule has 0 aliphatic carbocycles. The van der Waals surface area contributed by atoms with Crippen molar-refractivity contribution in [2.75, 3.05) is 63.1 Å². The maximum absolute atomic E-state index is 17.3. The van der Waals surface area contributed by atoms with E-state index in [1.807, 2.05) is 4.90 Å². The molecular formula is C37H36F8N8O2S. The van der Waals surface area contributed by atoms with Gasteiger partial charge in [-0.3, -0.25) is 4.90 Å². The molecule has 19 heteroatoms. The Morgan fingerprint density at radius 1 is 1.11 bits per heavy atom. The van der Waals surface area contributed by atoms with E-state index >= 15 is 22.0 Å². The summed E-state index contributed by atoms with van der Waals surface area (Å²) < 4.78 is 126. The predicted octanol–water partition coefficient (Wildman–Crippen LogP) is 7.23. The van der Waals surface area contributed by atoms with Crippen LogP contribution in [0.25, 0.3) is 32.1 Å². The second kappa shape index (κ2) is 14.0. The average molecular weight is 809 g/mol. The Hall–Kier alpha value is -4.70. The van der Waals surface area contributed by atoms with Gasteiger partial charge in [0.2, 0.25) is 0 Å². The maximum atomic E-state index is 17.3. The van der Waals surface area contributed by atoms with Crippen LogP contribution in [0.1, 0.15) is 43.7 Å². The smallest absolute Gasteiger partial charge is 0.417 e. The third kappa shape index (κ3) is 6.28. The molecule has 4 aliphatic rings. The molecular weight excluding hydrogens is 773 g/mol. The topological polar surface area (TPSA) is 115 Å². The number of urea groups is 1. The zero-order valence-electron chi connectivity index (χ0n) is 30.0. The largest absolute Gasteiger partial charge is 0.461 e. The van der Waals surface area contributed by atoms with Crippen LogP contribution in [0.4, 0.5) is 50.7 Å². The van der Waals surface area contributed by atoms with E-state index in [-0.39, 0.29) is 77.1 Å². The van der Waals surface area contributed by atoms with Crippen LogP contribution in [0, 0.1) is 23.0 Å². The Balaban J connectivity index is 1.28. The number of carbonyl (C=O) groups excluding carboxylic acids is 1. The van der Waals surface area contributed by atoms with Crippen LogP contribution in [0.15, 0.2) is 18.2 Å². The second-order valence-electron chi connectivity index (χ2n) is 14.8. The van der Waals surface area contributed by atoms with Crippen molar-refractivity contribution in [3.05, 3.63) is 41.0 Å². The fourth-order valence-corrected chi connectivity index (χ4v) is 9.90. The van der Waals surface area contributed by atoms with E-state index in [4.69, 9.17) is 10.5 Å². The molecule has 2 amide bonds. The number of rotatable bonds is 7. The number of hydrogen-bond acceptors (Lipinski definition) is 9. The van der Waals surface area contributed by atoms with Gasteiger partial charge in [-0.25, -0.2) is 26.7 Å². The minimum absolute atomic E-state index is 0.0193. The Morgan fingerprint density at radius 3 is 2.55 bits per heavy atom. The highest BCUT2D eigenvalue weighted by Crippen LogP contribution is 2.48. The first-order chi connectivity index (χ1) is 26.6. The van der Waals surface area contributed by atoms with Crippen molar-refractivity contribution in [3.63, 3.8) is 0 Å². The number of nitriles is 1. The molecule has 0 radical (unpaired) electrons. The predicted molar refractivity (Wildman–Crippen MR) is 193 cm³/mol. The number of nitrogens with two attached hydrogens (primary N) is 1. The van der Waals surface area contributed by atoms with E-state index in [0.717, 1.165) is 23.5 Å². The molecule has 10 nitrogen and oxygen atoms in total. The van der Waals surface area contributed by atoms with Crippen molar-refractivity contribution in [1.82, 2.24) is 24.7 Å². The van der Waals surface area contributed by atoms with Crippen molar-refractivity contribution < 1.29 is 44.7 Å². The van der Waals surface area contributed by atoms with E-state index in [9.17, 15) is 23.2 Å². The van der Waals surface area contributed by atoms with Gasteiger partial charge in [0, 0.05) is 55.0 Å². The number of fused-ring (bicyclic) bond motifs is 3. The zero-order valence-corrected chi connectivity index (χ0v) is 30.8. The third-order valence-electron chi connectivity index (χ3n) is 11.6. The Kier molecular flexibility index (Phi) is 9.58. The van der Waals surface area contributed by atoms with Crippen LogP contribution in [0.3, 0.4) is 0 Å². The lowest BCUT2D eigenvalue weighted by molar-refractivity contribution is -0.137. The molecule has 4 fully saturated rings. The maximum Gasteiger partial charge on any atom is 0.417 e. The number of anilines is 2. The number of benzene rings is 2. The first kappa shape index (κ1) is 38.2. The molecule has 4 aromatic rings. The summed E-state index contributed by atoms with van der Waals surface area (Å²) in [4.78, 5) is 28.2. The molecule has 0 bridgehead atoms. The number of hydrogen-bond donors (Lipinski definition) is 1. The van der Waals surface area contributed by atoms with E-state index in [1.54, 1.807) is 17.9 Å². The standard InChI is InChI=1S/C37H36F8N8O2S/c1-2-53(19-6-9-50(14-19)35(54)51-15-25(40)26(41)16-51)33-21-10-23(37(43,44)45)28(20-4-5-24(39)31-27(20)22(12-46)32(47)56-31)29(42)30(21)48-34(49-33)55-17-36-7-3-8-52(36)13-18(38)11-36/h4-5,10,18-19,25-26H,2-3,6-9,11,13-17,47H2,1H3. The highest BCUT2D eigenvalue weighted by Gasteiger charge is 2.50. The lowest BCUT2D eigenvalue weighted by Crippen LogP contribution is -2.44. The number of nitrogen functional groups attached to an aromatic ring is 1. The average Bonchev–Trinajstić information content (AvgIpc) is 3.97. The minimum atomic E-state index is -5.19. The molecule has 0 spiro atoms. The number of thiophene rings is 1. The molecule has 298 valence electrons. The molecule has 8 rings (SSSR count). The first-order valence-corrected chi connectivity index (χ1v) is 19.1. The third-order valence-corrected chi connectivity index (χ3v) is 12.6. The van der Waals surface area contributed by atoms with Crippen LogP contribution in [-0.2, 0) is 6.18 Å². The van der Waals surface area contributed by atoms with Gasteiger partial charge in [0.1, 0.15) is 41.0 Å². The van der Waals surface area contributed by atoms with Crippen LogP contribution >= 0.6 is 11.3 Å². The molecule has 0 saturated carbocycles. The van der Waals surface area contributed by atoms with E-state index < -0.39 is 89.2 Å². The van der Waals surface area contributed by atoms with Gasteiger partial charge in [-0.2, -0.15) is 28.4 Å². The molecule has 4 aliphatic heterocycles. The van der Waals surface area contributed by atoms with Crippen molar-refractivity contribution in [3.8, 4) is 23.2 Å². The SMILES string of the molecule is CCN(c1nc(OCC23CCCN2CC(F)C3)nc2c(F)c(-c3ccc(F)c4sc(N)c(C#N)c34)c(C(F)(F)F)cc12)C1CCN(C(=O)N2CC(F)C(F)C2)C1. The van der Waals surface area contributed by atoms with E-state index in [1.165, 1.54) is 4.90 Å². The number of amides is 2. The number of ether oxygens (including phenoxy) is 1. The number of carbonyl (C=O) groups is 1. The van der Waals surface area contributed by atoms with Crippen LogP contribution in [-0.4, -0.2) is 113 Å². The van der Waals surface area contributed by atoms with Gasteiger partial charge in [-0.15, -0.1) is 11.3 Å². The van der Waals surface area contributed by atoms with Crippen molar-refractivity contribution in [2.24, 2.45) is 0 Å². The van der Waals surface area contributed by atoms with E-state index in [0.29, 0.717) is 36.8 Å². The number of likely N-dealkylation sites (tertiary alicyclic amines) is 2. The minimum Gasteiger partial charge on any atom is -0.461 e.